The standard InChI is InChI=1S/C14H16ClNS/c15-13-4-2-1-3-11(13)9-16-7-5-14-12(10-16)6-8-17-14/h1-4H,5-10H2. The van der Waals surface area contributed by atoms with Crippen LogP contribution in [0.5, 0.6) is 0 Å². The molecule has 0 unspecified atom stereocenters. The lowest BCUT2D eigenvalue weighted by Crippen LogP contribution is -2.30. The van der Waals surface area contributed by atoms with Crippen LogP contribution in [0, 0.1) is 0 Å². The largest absolute Gasteiger partial charge is 0.295 e. The molecular weight excluding hydrogens is 250 g/mol. The van der Waals surface area contributed by atoms with Gasteiger partial charge in [0.05, 0.1) is 0 Å². The Bertz CT molecular complexity index is 455. The molecule has 0 aliphatic carbocycles. The van der Waals surface area contributed by atoms with Gasteiger partial charge in [-0.15, -0.1) is 11.8 Å². The van der Waals surface area contributed by atoms with Crippen LogP contribution in [0.2, 0.25) is 5.02 Å². The lowest BCUT2D eigenvalue weighted by Gasteiger charge is -2.28. The number of hydrogen-bond donors (Lipinski definition) is 0. The molecule has 17 heavy (non-hydrogen) atoms. The molecule has 0 spiro atoms. The summed E-state index contributed by atoms with van der Waals surface area (Å²) in [5, 5.41) is 0.896. The van der Waals surface area contributed by atoms with Crippen molar-refractivity contribution in [1.29, 1.82) is 0 Å². The summed E-state index contributed by atoms with van der Waals surface area (Å²) in [5.74, 6) is 1.30. The Morgan fingerprint density at radius 2 is 2.12 bits per heavy atom. The third kappa shape index (κ3) is 2.54. The third-order valence-corrected chi connectivity index (χ3v) is 5.11. The SMILES string of the molecule is Clc1ccccc1CN1CCC2=C(CCS2)C1. The molecule has 1 nitrogen and oxygen atoms in total. The number of benzene rings is 1. The Kier molecular flexibility index (Phi) is 3.46. The summed E-state index contributed by atoms with van der Waals surface area (Å²) in [6.45, 7) is 3.31. The van der Waals surface area contributed by atoms with Crippen molar-refractivity contribution in [3.05, 3.63) is 45.3 Å². The average molecular weight is 266 g/mol. The molecule has 2 aliphatic heterocycles. The second-order valence-electron chi connectivity index (χ2n) is 4.68. The molecule has 0 N–H and O–H groups in total. The summed E-state index contributed by atoms with van der Waals surface area (Å²) in [5.41, 5.74) is 2.93. The van der Waals surface area contributed by atoms with E-state index in [1.54, 1.807) is 10.5 Å². The zero-order valence-electron chi connectivity index (χ0n) is 9.79. The van der Waals surface area contributed by atoms with E-state index in [1.807, 2.05) is 12.1 Å². The molecule has 1 aromatic carbocycles. The molecule has 3 rings (SSSR count). The number of nitrogens with zero attached hydrogens (tertiary/aromatic N) is 1. The Labute approximate surface area is 112 Å². The maximum absolute atomic E-state index is 6.21. The van der Waals surface area contributed by atoms with Crippen LogP contribution in [0.15, 0.2) is 34.7 Å². The van der Waals surface area contributed by atoms with Gasteiger partial charge in [-0.3, -0.25) is 4.90 Å². The van der Waals surface area contributed by atoms with Crippen molar-refractivity contribution in [3.8, 4) is 0 Å². The second-order valence-corrected chi connectivity index (χ2v) is 6.27. The van der Waals surface area contributed by atoms with E-state index in [4.69, 9.17) is 11.6 Å². The van der Waals surface area contributed by atoms with Gasteiger partial charge in [-0.25, -0.2) is 0 Å². The van der Waals surface area contributed by atoms with E-state index >= 15 is 0 Å². The normalized spacial score (nSPS) is 20.8. The fraction of sp³-hybridized carbons (Fsp3) is 0.429. The van der Waals surface area contributed by atoms with Crippen molar-refractivity contribution in [2.45, 2.75) is 19.4 Å². The molecule has 0 amide bonds. The van der Waals surface area contributed by atoms with Crippen LogP contribution >= 0.6 is 23.4 Å². The first-order valence-corrected chi connectivity index (χ1v) is 7.49. The minimum atomic E-state index is 0.896. The molecule has 0 saturated heterocycles. The highest BCUT2D eigenvalue weighted by Crippen LogP contribution is 2.37. The highest BCUT2D eigenvalue weighted by molar-refractivity contribution is 8.03. The van der Waals surface area contributed by atoms with Gasteiger partial charge in [0.15, 0.2) is 0 Å². The van der Waals surface area contributed by atoms with Crippen LogP contribution in [-0.4, -0.2) is 23.7 Å². The number of hydrogen-bond acceptors (Lipinski definition) is 2. The molecule has 90 valence electrons. The van der Waals surface area contributed by atoms with Crippen molar-refractivity contribution < 1.29 is 0 Å². The van der Waals surface area contributed by atoms with Gasteiger partial charge < -0.3 is 0 Å². The molecule has 3 heteroatoms. The van der Waals surface area contributed by atoms with E-state index in [0.29, 0.717) is 0 Å². The Hall–Kier alpha value is -0.440. The van der Waals surface area contributed by atoms with E-state index in [2.05, 4.69) is 28.8 Å². The van der Waals surface area contributed by atoms with Crippen LogP contribution in [0.3, 0.4) is 0 Å². The molecule has 0 fully saturated rings. The van der Waals surface area contributed by atoms with Crippen LogP contribution in [-0.2, 0) is 6.54 Å². The molecule has 0 bridgehead atoms. The summed E-state index contributed by atoms with van der Waals surface area (Å²) < 4.78 is 0. The fourth-order valence-electron chi connectivity index (χ4n) is 2.57. The first-order chi connectivity index (χ1) is 8.33. The van der Waals surface area contributed by atoms with Crippen molar-refractivity contribution >= 4 is 23.4 Å². The van der Waals surface area contributed by atoms with Crippen LogP contribution < -0.4 is 0 Å². The maximum Gasteiger partial charge on any atom is 0.0451 e. The summed E-state index contributed by atoms with van der Waals surface area (Å²) in [4.78, 5) is 4.19. The summed E-state index contributed by atoms with van der Waals surface area (Å²) in [6, 6.07) is 8.18. The highest BCUT2D eigenvalue weighted by atomic mass is 35.5. The van der Waals surface area contributed by atoms with Gasteiger partial charge in [0.1, 0.15) is 0 Å². The average Bonchev–Trinajstić information content (AvgIpc) is 2.79. The fourth-order valence-corrected chi connectivity index (χ4v) is 3.96. The van der Waals surface area contributed by atoms with Gasteiger partial charge in [-0.2, -0.15) is 0 Å². The van der Waals surface area contributed by atoms with Gasteiger partial charge >= 0.3 is 0 Å². The quantitative estimate of drug-likeness (QED) is 0.797. The van der Waals surface area contributed by atoms with Crippen molar-refractivity contribution in [2.24, 2.45) is 0 Å². The topological polar surface area (TPSA) is 3.24 Å². The van der Waals surface area contributed by atoms with Gasteiger partial charge in [0, 0.05) is 30.4 Å². The van der Waals surface area contributed by atoms with E-state index in [-0.39, 0.29) is 0 Å². The van der Waals surface area contributed by atoms with Gasteiger partial charge in [0.25, 0.3) is 0 Å². The lowest BCUT2D eigenvalue weighted by molar-refractivity contribution is 0.279. The Morgan fingerprint density at radius 1 is 1.24 bits per heavy atom. The van der Waals surface area contributed by atoms with E-state index in [1.165, 1.54) is 30.7 Å². The van der Waals surface area contributed by atoms with Gasteiger partial charge in [0.2, 0.25) is 0 Å². The summed E-state index contributed by atoms with van der Waals surface area (Å²) in [7, 11) is 0. The zero-order valence-corrected chi connectivity index (χ0v) is 11.4. The van der Waals surface area contributed by atoms with Crippen molar-refractivity contribution in [2.75, 3.05) is 18.8 Å². The minimum Gasteiger partial charge on any atom is -0.295 e. The Morgan fingerprint density at radius 3 is 3.00 bits per heavy atom. The molecule has 0 radical (unpaired) electrons. The molecule has 0 atom stereocenters. The van der Waals surface area contributed by atoms with Crippen molar-refractivity contribution in [3.63, 3.8) is 0 Å². The van der Waals surface area contributed by atoms with E-state index in [9.17, 15) is 0 Å². The molecule has 0 saturated carbocycles. The highest BCUT2D eigenvalue weighted by Gasteiger charge is 2.23. The predicted octanol–water partition coefficient (Wildman–Crippen LogP) is 3.94. The first-order valence-electron chi connectivity index (χ1n) is 6.12. The molecule has 2 aliphatic rings. The van der Waals surface area contributed by atoms with Crippen LogP contribution in [0.4, 0.5) is 0 Å². The van der Waals surface area contributed by atoms with E-state index in [0.717, 1.165) is 18.1 Å². The first kappa shape index (κ1) is 11.6. The smallest absolute Gasteiger partial charge is 0.0451 e. The van der Waals surface area contributed by atoms with Crippen LogP contribution in [0.1, 0.15) is 18.4 Å². The lowest BCUT2D eigenvalue weighted by atomic mass is 10.1. The Balaban J connectivity index is 1.70. The van der Waals surface area contributed by atoms with E-state index < -0.39 is 0 Å². The minimum absolute atomic E-state index is 0.896. The summed E-state index contributed by atoms with van der Waals surface area (Å²) in [6.07, 6.45) is 2.53. The van der Waals surface area contributed by atoms with Crippen LogP contribution in [0.25, 0.3) is 0 Å². The monoisotopic (exact) mass is 265 g/mol. The second kappa shape index (κ2) is 5.05. The van der Waals surface area contributed by atoms with Gasteiger partial charge in [-0.05, 0) is 34.9 Å². The van der Waals surface area contributed by atoms with Crippen molar-refractivity contribution in [1.82, 2.24) is 4.90 Å². The van der Waals surface area contributed by atoms with Gasteiger partial charge in [-0.1, -0.05) is 29.8 Å². The number of rotatable bonds is 2. The number of halogens is 1. The molecule has 2 heterocycles. The molecular formula is C14H16ClNS. The maximum atomic E-state index is 6.21. The third-order valence-electron chi connectivity index (χ3n) is 3.50. The summed E-state index contributed by atoms with van der Waals surface area (Å²) >= 11 is 8.28. The zero-order chi connectivity index (χ0) is 11.7. The molecule has 0 aromatic heterocycles. The number of thioether (sulfide) groups is 1. The predicted molar refractivity (Wildman–Crippen MR) is 75.4 cm³/mol. The molecule has 1 aromatic rings.